The molecule has 0 bridgehead atoms. The third-order valence-corrected chi connectivity index (χ3v) is 5.79. The van der Waals surface area contributed by atoms with E-state index in [0.717, 1.165) is 18.4 Å². The predicted octanol–water partition coefficient (Wildman–Crippen LogP) is 3.02. The van der Waals surface area contributed by atoms with Gasteiger partial charge in [0.05, 0.1) is 4.90 Å². The first kappa shape index (κ1) is 17.0. The summed E-state index contributed by atoms with van der Waals surface area (Å²) in [5.74, 6) is 0.396. The monoisotopic (exact) mass is 298 g/mol. The SMILES string of the molecule is CCC(CC)CN(CC)S(=O)(=O)c1ccc(C)c(N)c1. The number of anilines is 1. The van der Waals surface area contributed by atoms with Gasteiger partial charge in [0.2, 0.25) is 10.0 Å². The minimum absolute atomic E-state index is 0.286. The quantitative estimate of drug-likeness (QED) is 0.787. The number of rotatable bonds is 7. The molecule has 1 aromatic carbocycles. The molecule has 1 aromatic rings. The third kappa shape index (κ3) is 3.73. The van der Waals surface area contributed by atoms with Crippen LogP contribution in [0, 0.1) is 12.8 Å². The van der Waals surface area contributed by atoms with Crippen molar-refractivity contribution in [3.63, 3.8) is 0 Å². The Morgan fingerprint density at radius 1 is 1.20 bits per heavy atom. The summed E-state index contributed by atoms with van der Waals surface area (Å²) in [5, 5.41) is 0. The van der Waals surface area contributed by atoms with Crippen LogP contribution in [0.15, 0.2) is 23.1 Å². The molecule has 0 aliphatic rings. The maximum atomic E-state index is 12.7. The molecule has 0 radical (unpaired) electrons. The molecule has 0 aliphatic carbocycles. The molecule has 0 saturated carbocycles. The molecule has 20 heavy (non-hydrogen) atoms. The lowest BCUT2D eigenvalue weighted by molar-refractivity contribution is 0.339. The van der Waals surface area contributed by atoms with Gasteiger partial charge in [0, 0.05) is 18.8 Å². The molecule has 0 heterocycles. The summed E-state index contributed by atoms with van der Waals surface area (Å²) >= 11 is 0. The summed E-state index contributed by atoms with van der Waals surface area (Å²) in [4.78, 5) is 0.286. The molecule has 0 aliphatic heterocycles. The highest BCUT2D eigenvalue weighted by atomic mass is 32.2. The van der Waals surface area contributed by atoms with E-state index in [4.69, 9.17) is 5.73 Å². The molecule has 5 heteroatoms. The van der Waals surface area contributed by atoms with E-state index in [9.17, 15) is 8.42 Å². The Morgan fingerprint density at radius 3 is 2.25 bits per heavy atom. The third-order valence-electron chi connectivity index (χ3n) is 3.86. The molecule has 0 saturated heterocycles. The van der Waals surface area contributed by atoms with E-state index in [0.29, 0.717) is 24.7 Å². The number of nitrogen functional groups attached to an aromatic ring is 1. The van der Waals surface area contributed by atoms with E-state index in [-0.39, 0.29) is 4.90 Å². The van der Waals surface area contributed by atoms with E-state index in [1.165, 1.54) is 0 Å². The summed E-state index contributed by atoms with van der Waals surface area (Å²) in [6, 6.07) is 4.95. The van der Waals surface area contributed by atoms with Crippen molar-refractivity contribution in [2.45, 2.75) is 45.4 Å². The molecule has 114 valence electrons. The maximum absolute atomic E-state index is 12.7. The Kier molecular flexibility index (Phi) is 6.02. The van der Waals surface area contributed by atoms with Gasteiger partial charge in [-0.05, 0) is 30.5 Å². The largest absolute Gasteiger partial charge is 0.398 e. The predicted molar refractivity (Wildman–Crippen MR) is 84.1 cm³/mol. The van der Waals surface area contributed by atoms with Crippen LogP contribution in [0.4, 0.5) is 5.69 Å². The zero-order valence-electron chi connectivity index (χ0n) is 12.9. The fraction of sp³-hybridized carbons (Fsp3) is 0.600. The second-order valence-corrected chi connectivity index (χ2v) is 7.09. The van der Waals surface area contributed by atoms with Crippen LogP contribution in [0.25, 0.3) is 0 Å². The molecule has 0 unspecified atom stereocenters. The van der Waals surface area contributed by atoms with Crippen LogP contribution >= 0.6 is 0 Å². The van der Waals surface area contributed by atoms with Crippen molar-refractivity contribution >= 4 is 15.7 Å². The molecular weight excluding hydrogens is 272 g/mol. The Labute approximate surface area is 123 Å². The van der Waals surface area contributed by atoms with Gasteiger partial charge >= 0.3 is 0 Å². The van der Waals surface area contributed by atoms with Crippen molar-refractivity contribution in [2.75, 3.05) is 18.8 Å². The summed E-state index contributed by atoms with van der Waals surface area (Å²) in [6.07, 6.45) is 1.97. The lowest BCUT2D eigenvalue weighted by Gasteiger charge is -2.25. The van der Waals surface area contributed by atoms with Gasteiger partial charge < -0.3 is 5.73 Å². The number of hydrogen-bond acceptors (Lipinski definition) is 3. The van der Waals surface area contributed by atoms with Crippen LogP contribution in [0.1, 0.15) is 39.2 Å². The van der Waals surface area contributed by atoms with Gasteiger partial charge in [0.1, 0.15) is 0 Å². The lowest BCUT2D eigenvalue weighted by atomic mass is 10.0. The second-order valence-electron chi connectivity index (χ2n) is 5.16. The molecule has 0 atom stereocenters. The minimum atomic E-state index is -3.45. The van der Waals surface area contributed by atoms with Crippen molar-refractivity contribution < 1.29 is 8.42 Å². The average molecular weight is 298 g/mol. The van der Waals surface area contributed by atoms with Gasteiger partial charge in [-0.3, -0.25) is 0 Å². The van der Waals surface area contributed by atoms with Crippen LogP contribution in [-0.2, 0) is 10.0 Å². The van der Waals surface area contributed by atoms with Gasteiger partial charge in [-0.15, -0.1) is 0 Å². The average Bonchev–Trinajstić information content (AvgIpc) is 2.42. The van der Waals surface area contributed by atoms with Crippen LogP contribution in [0.3, 0.4) is 0 Å². The normalized spacial score (nSPS) is 12.3. The van der Waals surface area contributed by atoms with E-state index >= 15 is 0 Å². The number of sulfonamides is 1. The highest BCUT2D eigenvalue weighted by molar-refractivity contribution is 7.89. The summed E-state index contributed by atoms with van der Waals surface area (Å²) < 4.78 is 26.9. The van der Waals surface area contributed by atoms with Crippen molar-refractivity contribution in [3.8, 4) is 0 Å². The molecule has 0 aromatic heterocycles. The van der Waals surface area contributed by atoms with Crippen molar-refractivity contribution in [1.82, 2.24) is 4.31 Å². The fourth-order valence-electron chi connectivity index (χ4n) is 2.16. The van der Waals surface area contributed by atoms with Crippen LogP contribution in [-0.4, -0.2) is 25.8 Å². The van der Waals surface area contributed by atoms with E-state index < -0.39 is 10.0 Å². The van der Waals surface area contributed by atoms with E-state index in [1.807, 2.05) is 13.8 Å². The summed E-state index contributed by atoms with van der Waals surface area (Å²) in [7, 11) is -3.45. The fourth-order valence-corrected chi connectivity index (χ4v) is 3.72. The second kappa shape index (κ2) is 7.09. The van der Waals surface area contributed by atoms with E-state index in [2.05, 4.69) is 13.8 Å². The number of nitrogens with zero attached hydrogens (tertiary/aromatic N) is 1. The van der Waals surface area contributed by atoms with Crippen molar-refractivity contribution in [1.29, 1.82) is 0 Å². The standard InChI is InChI=1S/C15H26N2O2S/c1-5-13(6-2)11-17(7-3)20(18,19)14-9-8-12(4)15(16)10-14/h8-10,13H,5-7,11,16H2,1-4H3. The first-order valence-electron chi connectivity index (χ1n) is 7.23. The number of aryl methyl sites for hydroxylation is 1. The van der Waals surface area contributed by atoms with Crippen molar-refractivity contribution in [2.24, 2.45) is 5.92 Å². The van der Waals surface area contributed by atoms with Gasteiger partial charge in [-0.2, -0.15) is 4.31 Å². The first-order chi connectivity index (χ1) is 9.36. The zero-order chi connectivity index (χ0) is 15.3. The maximum Gasteiger partial charge on any atom is 0.243 e. The number of nitrogens with two attached hydrogens (primary N) is 1. The number of benzene rings is 1. The lowest BCUT2D eigenvalue weighted by Crippen LogP contribution is -2.35. The van der Waals surface area contributed by atoms with Crippen molar-refractivity contribution in [3.05, 3.63) is 23.8 Å². The van der Waals surface area contributed by atoms with Gasteiger partial charge in [0.25, 0.3) is 0 Å². The molecule has 4 nitrogen and oxygen atoms in total. The van der Waals surface area contributed by atoms with Crippen LogP contribution in [0.2, 0.25) is 0 Å². The highest BCUT2D eigenvalue weighted by Gasteiger charge is 2.25. The highest BCUT2D eigenvalue weighted by Crippen LogP contribution is 2.22. The van der Waals surface area contributed by atoms with Gasteiger partial charge in [-0.1, -0.05) is 39.7 Å². The molecular formula is C15H26N2O2S. The number of hydrogen-bond donors (Lipinski definition) is 1. The van der Waals surface area contributed by atoms with Gasteiger partial charge in [-0.25, -0.2) is 8.42 Å². The molecule has 2 N–H and O–H groups in total. The van der Waals surface area contributed by atoms with Gasteiger partial charge in [0.15, 0.2) is 0 Å². The van der Waals surface area contributed by atoms with Crippen LogP contribution in [0.5, 0.6) is 0 Å². The first-order valence-corrected chi connectivity index (χ1v) is 8.67. The Morgan fingerprint density at radius 2 is 1.80 bits per heavy atom. The summed E-state index contributed by atoms with van der Waals surface area (Å²) in [5.41, 5.74) is 7.24. The topological polar surface area (TPSA) is 63.4 Å². The molecule has 1 rings (SSSR count). The smallest absolute Gasteiger partial charge is 0.243 e. The zero-order valence-corrected chi connectivity index (χ0v) is 13.7. The van der Waals surface area contributed by atoms with E-state index in [1.54, 1.807) is 22.5 Å². The molecule has 0 amide bonds. The molecule has 0 fully saturated rings. The Hall–Kier alpha value is -1.07. The minimum Gasteiger partial charge on any atom is -0.398 e. The van der Waals surface area contributed by atoms with Crippen LogP contribution < -0.4 is 5.73 Å². The Bertz CT molecular complexity index is 537. The summed E-state index contributed by atoms with van der Waals surface area (Å²) in [6.45, 7) is 8.98. The Balaban J connectivity index is 3.08. The molecule has 0 spiro atoms.